The van der Waals surface area contributed by atoms with E-state index in [9.17, 15) is 9.59 Å². The molecule has 0 spiro atoms. The summed E-state index contributed by atoms with van der Waals surface area (Å²) >= 11 is 0. The minimum absolute atomic E-state index is 0.154. The lowest BCUT2D eigenvalue weighted by atomic mass is 9.95. The van der Waals surface area contributed by atoms with E-state index in [2.05, 4.69) is 10.6 Å². The highest BCUT2D eigenvalue weighted by molar-refractivity contribution is 6.12. The molecule has 1 saturated carbocycles. The van der Waals surface area contributed by atoms with Gasteiger partial charge in [0.05, 0.1) is 11.3 Å². The summed E-state index contributed by atoms with van der Waals surface area (Å²) in [5.74, 6) is -0.314. The van der Waals surface area contributed by atoms with Crippen LogP contribution in [0.5, 0.6) is 0 Å². The SMILES string of the molecule is O=C(Nc1ccccc1C(=O)NC1CCCCC1)c1cc2c(ccc3ccccc32)o1. The Morgan fingerprint density at radius 1 is 0.806 bits per heavy atom. The topological polar surface area (TPSA) is 71.3 Å². The Kier molecular flexibility index (Phi) is 5.16. The Labute approximate surface area is 180 Å². The molecule has 156 valence electrons. The van der Waals surface area contributed by atoms with Crippen LogP contribution in [0.25, 0.3) is 21.7 Å². The molecule has 0 saturated heterocycles. The second-order valence-corrected chi connectivity index (χ2v) is 8.12. The first kappa shape index (κ1) is 19.4. The summed E-state index contributed by atoms with van der Waals surface area (Å²) in [4.78, 5) is 25.8. The number of para-hydroxylation sites is 1. The van der Waals surface area contributed by atoms with Crippen LogP contribution < -0.4 is 10.6 Å². The Morgan fingerprint density at radius 2 is 1.58 bits per heavy atom. The zero-order valence-corrected chi connectivity index (χ0v) is 17.2. The van der Waals surface area contributed by atoms with Gasteiger partial charge in [0.2, 0.25) is 0 Å². The quantitative estimate of drug-likeness (QED) is 0.438. The molecular weight excluding hydrogens is 388 g/mol. The molecule has 5 rings (SSSR count). The van der Waals surface area contributed by atoms with Gasteiger partial charge in [-0.05, 0) is 47.9 Å². The molecule has 1 aromatic heterocycles. The van der Waals surface area contributed by atoms with Gasteiger partial charge < -0.3 is 15.1 Å². The number of benzene rings is 3. The molecule has 1 aliphatic rings. The highest BCUT2D eigenvalue weighted by Crippen LogP contribution is 2.29. The zero-order valence-electron chi connectivity index (χ0n) is 17.2. The maximum atomic E-state index is 12.9. The third-order valence-electron chi connectivity index (χ3n) is 6.01. The third-order valence-corrected chi connectivity index (χ3v) is 6.01. The van der Waals surface area contributed by atoms with Gasteiger partial charge in [0.1, 0.15) is 5.58 Å². The van der Waals surface area contributed by atoms with Crippen molar-refractivity contribution in [1.29, 1.82) is 0 Å². The molecule has 4 aromatic rings. The van der Waals surface area contributed by atoms with E-state index < -0.39 is 0 Å². The zero-order chi connectivity index (χ0) is 21.2. The number of anilines is 1. The van der Waals surface area contributed by atoms with Crippen molar-refractivity contribution < 1.29 is 14.0 Å². The molecule has 2 N–H and O–H groups in total. The number of fused-ring (bicyclic) bond motifs is 3. The predicted molar refractivity (Wildman–Crippen MR) is 122 cm³/mol. The van der Waals surface area contributed by atoms with Crippen LogP contribution in [-0.4, -0.2) is 17.9 Å². The van der Waals surface area contributed by atoms with E-state index in [1.165, 1.54) is 6.42 Å². The number of carbonyl (C=O) groups excluding carboxylic acids is 2. The van der Waals surface area contributed by atoms with Gasteiger partial charge in [0, 0.05) is 11.4 Å². The van der Waals surface area contributed by atoms with E-state index in [0.29, 0.717) is 16.8 Å². The minimum atomic E-state index is -0.377. The Hall–Kier alpha value is -3.60. The number of furan rings is 1. The smallest absolute Gasteiger partial charge is 0.291 e. The van der Waals surface area contributed by atoms with E-state index in [1.807, 2.05) is 36.4 Å². The van der Waals surface area contributed by atoms with Gasteiger partial charge in [-0.1, -0.05) is 61.7 Å². The summed E-state index contributed by atoms with van der Waals surface area (Å²) in [6, 6.07) is 20.9. The van der Waals surface area contributed by atoms with Crippen LogP contribution >= 0.6 is 0 Å². The van der Waals surface area contributed by atoms with E-state index in [1.54, 1.807) is 30.3 Å². The van der Waals surface area contributed by atoms with Gasteiger partial charge in [-0.25, -0.2) is 0 Å². The first-order valence-corrected chi connectivity index (χ1v) is 10.8. The maximum absolute atomic E-state index is 12.9. The Balaban J connectivity index is 1.39. The molecule has 31 heavy (non-hydrogen) atoms. The van der Waals surface area contributed by atoms with Crippen LogP contribution in [-0.2, 0) is 0 Å². The molecule has 3 aromatic carbocycles. The lowest BCUT2D eigenvalue weighted by Crippen LogP contribution is -2.36. The first-order chi connectivity index (χ1) is 15.2. The number of amides is 2. The lowest BCUT2D eigenvalue weighted by Gasteiger charge is -2.23. The van der Waals surface area contributed by atoms with Crippen molar-refractivity contribution in [3.8, 4) is 0 Å². The van der Waals surface area contributed by atoms with Gasteiger partial charge in [-0.2, -0.15) is 0 Å². The molecule has 0 radical (unpaired) electrons. The van der Waals surface area contributed by atoms with Gasteiger partial charge in [-0.3, -0.25) is 9.59 Å². The van der Waals surface area contributed by atoms with Crippen molar-refractivity contribution in [1.82, 2.24) is 5.32 Å². The van der Waals surface area contributed by atoms with E-state index >= 15 is 0 Å². The fourth-order valence-electron chi connectivity index (χ4n) is 4.39. The molecule has 5 heteroatoms. The molecule has 1 fully saturated rings. The van der Waals surface area contributed by atoms with Crippen molar-refractivity contribution in [2.24, 2.45) is 0 Å². The molecule has 0 aliphatic heterocycles. The lowest BCUT2D eigenvalue weighted by molar-refractivity contribution is 0.0928. The van der Waals surface area contributed by atoms with Gasteiger partial charge >= 0.3 is 0 Å². The van der Waals surface area contributed by atoms with E-state index in [4.69, 9.17) is 4.42 Å². The van der Waals surface area contributed by atoms with Crippen LogP contribution in [0.4, 0.5) is 5.69 Å². The molecule has 5 nitrogen and oxygen atoms in total. The average Bonchev–Trinajstić information content (AvgIpc) is 3.25. The van der Waals surface area contributed by atoms with E-state index in [-0.39, 0.29) is 23.6 Å². The number of hydrogen-bond donors (Lipinski definition) is 2. The fourth-order valence-corrected chi connectivity index (χ4v) is 4.39. The van der Waals surface area contributed by atoms with Crippen molar-refractivity contribution >= 4 is 39.2 Å². The van der Waals surface area contributed by atoms with Crippen LogP contribution in [0.15, 0.2) is 71.1 Å². The monoisotopic (exact) mass is 412 g/mol. The first-order valence-electron chi connectivity index (χ1n) is 10.8. The van der Waals surface area contributed by atoms with Crippen LogP contribution in [0.1, 0.15) is 53.0 Å². The van der Waals surface area contributed by atoms with Crippen LogP contribution in [0.3, 0.4) is 0 Å². The van der Waals surface area contributed by atoms with Gasteiger partial charge in [-0.15, -0.1) is 0 Å². The van der Waals surface area contributed by atoms with Gasteiger partial charge in [0.25, 0.3) is 11.8 Å². The standard InChI is InChI=1S/C26H24N2O3/c29-25(27-18-9-2-1-3-10-18)20-12-6-7-13-22(20)28-26(30)24-16-21-19-11-5-4-8-17(19)14-15-23(21)31-24/h4-8,11-16,18H,1-3,9-10H2,(H,27,29)(H,28,30). The number of rotatable bonds is 4. The largest absolute Gasteiger partial charge is 0.451 e. The summed E-state index contributed by atoms with van der Waals surface area (Å²) in [5, 5.41) is 9.00. The highest BCUT2D eigenvalue weighted by Gasteiger charge is 2.20. The summed E-state index contributed by atoms with van der Waals surface area (Å²) in [6.07, 6.45) is 5.53. The Bertz CT molecular complexity index is 1270. The second kappa shape index (κ2) is 8.26. The normalized spacial score (nSPS) is 14.6. The summed E-state index contributed by atoms with van der Waals surface area (Å²) in [5.41, 5.74) is 1.60. The number of carbonyl (C=O) groups is 2. The van der Waals surface area contributed by atoms with Crippen molar-refractivity contribution in [3.05, 3.63) is 78.1 Å². The maximum Gasteiger partial charge on any atom is 0.291 e. The molecule has 1 aliphatic carbocycles. The fraction of sp³-hybridized carbons (Fsp3) is 0.231. The highest BCUT2D eigenvalue weighted by atomic mass is 16.3. The minimum Gasteiger partial charge on any atom is -0.451 e. The Morgan fingerprint density at radius 3 is 2.45 bits per heavy atom. The molecule has 0 unspecified atom stereocenters. The number of hydrogen-bond acceptors (Lipinski definition) is 3. The second-order valence-electron chi connectivity index (χ2n) is 8.12. The molecule has 2 amide bonds. The van der Waals surface area contributed by atoms with Crippen molar-refractivity contribution in [2.75, 3.05) is 5.32 Å². The summed E-state index contributed by atoms with van der Waals surface area (Å²) < 4.78 is 5.82. The molecule has 0 bridgehead atoms. The van der Waals surface area contributed by atoms with Gasteiger partial charge in [0.15, 0.2) is 5.76 Å². The predicted octanol–water partition coefficient (Wildman–Crippen LogP) is 5.90. The average molecular weight is 412 g/mol. The summed E-state index contributed by atoms with van der Waals surface area (Å²) in [7, 11) is 0. The molecular formula is C26H24N2O3. The van der Waals surface area contributed by atoms with Crippen LogP contribution in [0.2, 0.25) is 0 Å². The van der Waals surface area contributed by atoms with Crippen molar-refractivity contribution in [3.63, 3.8) is 0 Å². The van der Waals surface area contributed by atoms with E-state index in [0.717, 1.165) is 41.8 Å². The van der Waals surface area contributed by atoms with Crippen LogP contribution in [0, 0.1) is 0 Å². The third kappa shape index (κ3) is 3.91. The van der Waals surface area contributed by atoms with Crippen molar-refractivity contribution in [2.45, 2.75) is 38.1 Å². The molecule has 1 heterocycles. The molecule has 0 atom stereocenters. The number of nitrogens with one attached hydrogen (secondary N) is 2. The summed E-state index contributed by atoms with van der Waals surface area (Å²) in [6.45, 7) is 0.